The van der Waals surface area contributed by atoms with Crippen molar-refractivity contribution in [2.45, 2.75) is 25.9 Å². The third-order valence-electron chi connectivity index (χ3n) is 7.48. The highest BCUT2D eigenvalue weighted by atomic mass is 16.5. The fraction of sp³-hybridized carbons (Fsp3) is 0.219. The third kappa shape index (κ3) is 5.75. The summed E-state index contributed by atoms with van der Waals surface area (Å²) in [5, 5.41) is 2.84. The molecule has 43 heavy (non-hydrogen) atoms. The van der Waals surface area contributed by atoms with Crippen molar-refractivity contribution in [1.29, 1.82) is 0 Å². The number of nitrogens with one attached hydrogen (secondary N) is 1. The van der Waals surface area contributed by atoms with E-state index < -0.39 is 11.5 Å². The zero-order valence-corrected chi connectivity index (χ0v) is 23.9. The second kappa shape index (κ2) is 11.9. The number of anilines is 2. The van der Waals surface area contributed by atoms with Crippen LogP contribution in [0.5, 0.6) is 5.75 Å². The molecule has 0 atom stereocenters. The van der Waals surface area contributed by atoms with E-state index in [9.17, 15) is 9.59 Å². The van der Waals surface area contributed by atoms with Gasteiger partial charge in [-0.25, -0.2) is 14.6 Å². The number of ether oxygens (including phenoxy) is 2. The highest BCUT2D eigenvalue weighted by molar-refractivity contribution is 6.05. The first-order chi connectivity index (χ1) is 20.9. The van der Waals surface area contributed by atoms with E-state index in [4.69, 9.17) is 20.2 Å². The summed E-state index contributed by atoms with van der Waals surface area (Å²) in [6.45, 7) is 3.12. The highest BCUT2D eigenvalue weighted by Gasteiger charge is 2.22. The van der Waals surface area contributed by atoms with Gasteiger partial charge < -0.3 is 20.5 Å². The summed E-state index contributed by atoms with van der Waals surface area (Å²) in [6, 6.07) is 18.1. The number of amides is 1. The Morgan fingerprint density at radius 1 is 1.02 bits per heavy atom. The molecule has 2 aromatic carbocycles. The van der Waals surface area contributed by atoms with Gasteiger partial charge in [0.15, 0.2) is 0 Å². The van der Waals surface area contributed by atoms with E-state index in [2.05, 4.69) is 15.3 Å². The minimum Gasteiger partial charge on any atom is -0.489 e. The molecule has 4 heterocycles. The van der Waals surface area contributed by atoms with Crippen molar-refractivity contribution < 1.29 is 14.3 Å². The Morgan fingerprint density at radius 3 is 2.51 bits per heavy atom. The molecule has 0 bridgehead atoms. The van der Waals surface area contributed by atoms with Gasteiger partial charge >= 0.3 is 0 Å². The molecule has 0 unspecified atom stereocenters. The summed E-state index contributed by atoms with van der Waals surface area (Å²) >= 11 is 0. The topological polar surface area (TPSA) is 139 Å². The predicted molar refractivity (Wildman–Crippen MR) is 163 cm³/mol. The van der Waals surface area contributed by atoms with Crippen LogP contribution in [0.15, 0.2) is 84.0 Å². The molecule has 11 nitrogen and oxygen atoms in total. The van der Waals surface area contributed by atoms with Crippen molar-refractivity contribution in [1.82, 2.24) is 24.3 Å². The first-order valence-corrected chi connectivity index (χ1v) is 14.0. The van der Waals surface area contributed by atoms with Gasteiger partial charge in [-0.1, -0.05) is 30.3 Å². The van der Waals surface area contributed by atoms with Crippen LogP contribution < -0.4 is 21.3 Å². The maximum Gasteiger partial charge on any atom is 0.284 e. The molecule has 3 N–H and O–H groups in total. The molecule has 1 amide bonds. The van der Waals surface area contributed by atoms with Crippen LogP contribution in [0.2, 0.25) is 0 Å². The van der Waals surface area contributed by atoms with Crippen LogP contribution in [0.25, 0.3) is 28.2 Å². The number of aromatic nitrogens is 5. The van der Waals surface area contributed by atoms with Gasteiger partial charge in [-0.05, 0) is 37.3 Å². The Balaban J connectivity index is 1.21. The molecule has 1 saturated heterocycles. The van der Waals surface area contributed by atoms with Crippen molar-refractivity contribution in [3.05, 3.63) is 101 Å². The van der Waals surface area contributed by atoms with Crippen molar-refractivity contribution in [2.75, 3.05) is 24.3 Å². The number of nitrogens with two attached hydrogens (primary N) is 1. The molecule has 0 spiro atoms. The Labute approximate surface area is 247 Å². The normalized spacial score (nSPS) is 13.5. The summed E-state index contributed by atoms with van der Waals surface area (Å²) in [7, 11) is 1.75. The quantitative estimate of drug-likeness (QED) is 0.290. The lowest BCUT2D eigenvalue weighted by molar-refractivity contribution is 0.0254. The predicted octanol–water partition coefficient (Wildman–Crippen LogP) is 4.40. The maximum absolute atomic E-state index is 13.2. The lowest BCUT2D eigenvalue weighted by Gasteiger charge is -2.23. The number of carbonyl (C=O) groups excluding carboxylic acids is 1. The van der Waals surface area contributed by atoms with Gasteiger partial charge in [-0.2, -0.15) is 0 Å². The first-order valence-electron chi connectivity index (χ1n) is 14.0. The van der Waals surface area contributed by atoms with Gasteiger partial charge in [-0.3, -0.25) is 19.3 Å². The van der Waals surface area contributed by atoms with E-state index in [-0.39, 0.29) is 17.5 Å². The van der Waals surface area contributed by atoms with Gasteiger partial charge in [0, 0.05) is 42.9 Å². The molecule has 1 fully saturated rings. The Morgan fingerprint density at radius 2 is 1.77 bits per heavy atom. The van der Waals surface area contributed by atoms with E-state index in [1.807, 2.05) is 36.4 Å². The number of pyridine rings is 1. The number of hydrogen-bond donors (Lipinski definition) is 2. The minimum absolute atomic E-state index is 0.0786. The summed E-state index contributed by atoms with van der Waals surface area (Å²) in [4.78, 5) is 39.9. The zero-order chi connectivity index (χ0) is 29.9. The fourth-order valence-electron chi connectivity index (χ4n) is 5.09. The molecule has 5 aromatic rings. The number of carbonyl (C=O) groups is 1. The number of benzene rings is 2. The first kappa shape index (κ1) is 27.9. The SMILES string of the molecule is Cc1c(C(=O)Nc2ccc(-c3nc(-c4cncc(OC5CCOCC5)c4)cnc3N)cc2)c(=O)n(-c2ccccc2)n1C. The van der Waals surface area contributed by atoms with Gasteiger partial charge in [0.2, 0.25) is 0 Å². The molecule has 1 aliphatic rings. The number of hydrogen-bond acceptors (Lipinski definition) is 8. The van der Waals surface area contributed by atoms with Gasteiger partial charge in [0.1, 0.15) is 28.9 Å². The second-order valence-electron chi connectivity index (χ2n) is 10.3. The number of para-hydroxylation sites is 1. The van der Waals surface area contributed by atoms with Crippen LogP contribution >= 0.6 is 0 Å². The van der Waals surface area contributed by atoms with Crippen molar-refractivity contribution in [3.63, 3.8) is 0 Å². The van der Waals surface area contributed by atoms with E-state index in [0.29, 0.717) is 47.4 Å². The molecule has 1 aliphatic heterocycles. The summed E-state index contributed by atoms with van der Waals surface area (Å²) in [5.41, 5.74) is 10.2. The lowest BCUT2D eigenvalue weighted by Crippen LogP contribution is -2.25. The van der Waals surface area contributed by atoms with Crippen LogP contribution in [-0.4, -0.2) is 49.5 Å². The Hall–Kier alpha value is -5.29. The van der Waals surface area contributed by atoms with E-state index >= 15 is 0 Å². The van der Waals surface area contributed by atoms with Crippen molar-refractivity contribution in [3.8, 4) is 34.0 Å². The average Bonchev–Trinajstić information content (AvgIpc) is 3.26. The van der Waals surface area contributed by atoms with E-state index in [1.165, 1.54) is 4.68 Å². The van der Waals surface area contributed by atoms with Crippen LogP contribution in [0.3, 0.4) is 0 Å². The van der Waals surface area contributed by atoms with Crippen molar-refractivity contribution >= 4 is 17.4 Å². The van der Waals surface area contributed by atoms with Gasteiger partial charge in [-0.15, -0.1) is 0 Å². The Kier molecular flexibility index (Phi) is 7.71. The minimum atomic E-state index is -0.489. The molecular formula is C32H31N7O4. The standard InChI is InChI=1S/C32H31N7O4/c1-20-28(32(41)39(38(20)2)24-6-4-3-5-7-24)31(40)36-23-10-8-21(9-11-23)29-30(33)35-19-27(37-29)22-16-26(18-34-17-22)43-25-12-14-42-15-13-25/h3-11,16-19,25H,12-15H2,1-2H3,(H2,33,35)(H,36,40). The molecule has 3 aromatic heterocycles. The summed E-state index contributed by atoms with van der Waals surface area (Å²) in [5.74, 6) is 0.440. The monoisotopic (exact) mass is 577 g/mol. The molecular weight excluding hydrogens is 546 g/mol. The molecule has 218 valence electrons. The summed E-state index contributed by atoms with van der Waals surface area (Å²) in [6.07, 6.45) is 6.76. The van der Waals surface area contributed by atoms with E-state index in [1.54, 1.807) is 61.5 Å². The molecule has 0 radical (unpaired) electrons. The Bertz CT molecular complexity index is 1830. The third-order valence-corrected chi connectivity index (χ3v) is 7.48. The summed E-state index contributed by atoms with van der Waals surface area (Å²) < 4.78 is 14.7. The largest absolute Gasteiger partial charge is 0.489 e. The second-order valence-corrected chi connectivity index (χ2v) is 10.3. The van der Waals surface area contributed by atoms with Crippen LogP contribution in [0, 0.1) is 6.92 Å². The van der Waals surface area contributed by atoms with Crippen molar-refractivity contribution in [2.24, 2.45) is 7.05 Å². The molecule has 0 saturated carbocycles. The smallest absolute Gasteiger partial charge is 0.284 e. The molecule has 6 rings (SSSR count). The zero-order valence-electron chi connectivity index (χ0n) is 23.9. The van der Waals surface area contributed by atoms with Gasteiger partial charge in [0.05, 0.1) is 42.7 Å². The van der Waals surface area contributed by atoms with Gasteiger partial charge in [0.25, 0.3) is 11.5 Å². The fourth-order valence-corrected chi connectivity index (χ4v) is 5.09. The van der Waals surface area contributed by atoms with Crippen LogP contribution in [0.4, 0.5) is 11.5 Å². The highest BCUT2D eigenvalue weighted by Crippen LogP contribution is 2.29. The van der Waals surface area contributed by atoms with Crippen LogP contribution in [0.1, 0.15) is 28.9 Å². The number of nitrogens with zero attached hydrogens (tertiary/aromatic N) is 5. The number of nitrogen functional groups attached to an aromatic ring is 1. The average molecular weight is 578 g/mol. The molecule has 11 heteroatoms. The van der Waals surface area contributed by atoms with Crippen LogP contribution in [-0.2, 0) is 11.8 Å². The molecule has 0 aliphatic carbocycles. The number of rotatable bonds is 7. The lowest BCUT2D eigenvalue weighted by atomic mass is 10.1. The maximum atomic E-state index is 13.2. The van der Waals surface area contributed by atoms with E-state index in [0.717, 1.165) is 24.0 Å².